The Hall–Kier alpha value is -4.94. The molecule has 4 N–H and O–H groups in total. The van der Waals surface area contributed by atoms with Gasteiger partial charge < -0.3 is 10.6 Å². The van der Waals surface area contributed by atoms with Crippen LogP contribution in [-0.4, -0.2) is 35.1 Å². The van der Waals surface area contributed by atoms with Crippen LogP contribution in [0.2, 0.25) is 0 Å². The van der Waals surface area contributed by atoms with Gasteiger partial charge in [0.2, 0.25) is 0 Å². The maximum Gasteiger partial charge on any atom is 0.331 e. The molecule has 10 nitrogen and oxygen atoms in total. The molecule has 0 spiro atoms. The number of hydrogen-bond acceptors (Lipinski definition) is 8. The quantitative estimate of drug-likeness (QED) is 0.138. The number of nitrogens with one attached hydrogen (secondary N) is 4. The van der Waals surface area contributed by atoms with Gasteiger partial charge in [0, 0.05) is 11.4 Å². The van der Waals surface area contributed by atoms with E-state index in [9.17, 15) is 19.2 Å². The van der Waals surface area contributed by atoms with Gasteiger partial charge in [-0.25, -0.2) is 10.9 Å². The van der Waals surface area contributed by atoms with E-state index in [-0.39, 0.29) is 11.8 Å². The predicted molar refractivity (Wildman–Crippen MR) is 158 cm³/mol. The number of benzene rings is 2. The Labute approximate surface area is 237 Å². The highest BCUT2D eigenvalue weighted by Gasteiger charge is 2.14. The van der Waals surface area contributed by atoms with E-state index in [4.69, 9.17) is 0 Å². The zero-order chi connectivity index (χ0) is 28.5. The third kappa shape index (κ3) is 7.56. The van der Waals surface area contributed by atoms with E-state index < -0.39 is 11.8 Å². The molecule has 0 saturated heterocycles. The predicted octanol–water partition coefficient (Wildman–Crippen LogP) is 4.69. The van der Waals surface area contributed by atoms with Gasteiger partial charge in [0.15, 0.2) is 0 Å². The van der Waals surface area contributed by atoms with Crippen molar-refractivity contribution in [2.75, 3.05) is 10.6 Å². The molecule has 0 fully saturated rings. The van der Waals surface area contributed by atoms with Crippen LogP contribution in [0.1, 0.15) is 44.3 Å². The molecule has 12 heteroatoms. The van der Waals surface area contributed by atoms with Gasteiger partial charge >= 0.3 is 11.8 Å². The number of carbonyl (C=O) groups excluding carboxylic acids is 4. The van der Waals surface area contributed by atoms with Crippen LogP contribution in [0, 0.1) is 0 Å². The summed E-state index contributed by atoms with van der Waals surface area (Å²) in [6.45, 7) is 3.32. The van der Waals surface area contributed by atoms with Crippen molar-refractivity contribution in [2.24, 2.45) is 10.2 Å². The third-order valence-electron chi connectivity index (χ3n) is 5.42. The highest BCUT2D eigenvalue weighted by molar-refractivity contribution is 7.12. The van der Waals surface area contributed by atoms with Crippen molar-refractivity contribution < 1.29 is 19.2 Å². The van der Waals surface area contributed by atoms with E-state index >= 15 is 0 Å². The smallest absolute Gasteiger partial charge is 0.321 e. The molecule has 0 bridgehead atoms. The Morgan fingerprint density at radius 3 is 1.40 bits per heavy atom. The number of hydrogen-bond donors (Lipinski definition) is 4. The van der Waals surface area contributed by atoms with E-state index in [1.165, 1.54) is 22.7 Å². The summed E-state index contributed by atoms with van der Waals surface area (Å²) in [7, 11) is 0. The molecule has 40 heavy (non-hydrogen) atoms. The zero-order valence-electron chi connectivity index (χ0n) is 21.4. The summed E-state index contributed by atoms with van der Waals surface area (Å²) in [4.78, 5) is 50.3. The van der Waals surface area contributed by atoms with Crippen molar-refractivity contribution in [3.63, 3.8) is 0 Å². The summed E-state index contributed by atoms with van der Waals surface area (Å²) in [6, 6.07) is 21.0. The molecule has 0 saturated carbocycles. The largest absolute Gasteiger partial charge is 0.331 e. The molecule has 4 rings (SSSR count). The second-order valence-corrected chi connectivity index (χ2v) is 10.2. The Bertz CT molecular complexity index is 1470. The average molecular weight is 573 g/mol. The number of anilines is 2. The molecule has 0 radical (unpaired) electrons. The molecular formula is C28H24N6O4S2. The first-order chi connectivity index (χ1) is 19.3. The van der Waals surface area contributed by atoms with Crippen molar-refractivity contribution in [3.8, 4) is 0 Å². The van der Waals surface area contributed by atoms with Gasteiger partial charge in [-0.15, -0.1) is 22.7 Å². The Kier molecular flexibility index (Phi) is 9.28. The molecule has 2 heterocycles. The first-order valence-corrected chi connectivity index (χ1v) is 13.7. The maximum absolute atomic E-state index is 12.3. The fraction of sp³-hybridized carbons (Fsp3) is 0.0714. The molecule has 4 aromatic rings. The van der Waals surface area contributed by atoms with Crippen LogP contribution in [-0.2, 0) is 9.59 Å². The Morgan fingerprint density at radius 2 is 1.02 bits per heavy atom. The van der Waals surface area contributed by atoms with Gasteiger partial charge in [0.05, 0.1) is 21.2 Å². The van der Waals surface area contributed by atoms with Crippen LogP contribution < -0.4 is 21.5 Å². The van der Waals surface area contributed by atoms with Crippen LogP contribution in [0.3, 0.4) is 0 Å². The lowest BCUT2D eigenvalue weighted by Crippen LogP contribution is -2.36. The van der Waals surface area contributed by atoms with E-state index in [0.29, 0.717) is 43.7 Å². The first kappa shape index (κ1) is 28.1. The van der Waals surface area contributed by atoms with Gasteiger partial charge in [0.25, 0.3) is 11.8 Å². The number of amides is 4. The van der Waals surface area contributed by atoms with E-state index in [2.05, 4.69) is 31.7 Å². The highest BCUT2D eigenvalue weighted by Crippen LogP contribution is 2.17. The van der Waals surface area contributed by atoms with Gasteiger partial charge in [-0.05, 0) is 72.1 Å². The van der Waals surface area contributed by atoms with Crippen molar-refractivity contribution in [3.05, 3.63) is 104 Å². The van der Waals surface area contributed by atoms with Crippen LogP contribution in [0.15, 0.2) is 93.8 Å². The third-order valence-corrected chi connectivity index (χ3v) is 7.16. The summed E-state index contributed by atoms with van der Waals surface area (Å²) in [6.07, 6.45) is 0. The second kappa shape index (κ2) is 13.2. The van der Waals surface area contributed by atoms with Gasteiger partial charge in [-0.1, -0.05) is 36.4 Å². The molecule has 202 valence electrons. The minimum Gasteiger partial charge on any atom is -0.321 e. The van der Waals surface area contributed by atoms with Gasteiger partial charge in [-0.2, -0.15) is 10.2 Å². The van der Waals surface area contributed by atoms with Crippen molar-refractivity contribution in [2.45, 2.75) is 13.8 Å². The van der Waals surface area contributed by atoms with Crippen LogP contribution in [0.4, 0.5) is 11.4 Å². The minimum atomic E-state index is -1.00. The number of nitrogens with zero attached hydrogens (tertiary/aromatic N) is 2. The highest BCUT2D eigenvalue weighted by atomic mass is 32.1. The van der Waals surface area contributed by atoms with Crippen LogP contribution in [0.25, 0.3) is 0 Å². The molecule has 0 aliphatic heterocycles. The molecule has 2 aromatic carbocycles. The fourth-order valence-electron chi connectivity index (χ4n) is 3.34. The normalized spacial score (nSPS) is 11.4. The van der Waals surface area contributed by atoms with Crippen molar-refractivity contribution in [1.82, 2.24) is 10.9 Å². The Balaban J connectivity index is 1.32. The van der Waals surface area contributed by atoms with Crippen LogP contribution in [0.5, 0.6) is 0 Å². The lowest BCUT2D eigenvalue weighted by atomic mass is 10.1. The lowest BCUT2D eigenvalue weighted by Gasteiger charge is -2.08. The number of rotatable bonds is 8. The summed E-state index contributed by atoms with van der Waals surface area (Å²) < 4.78 is 0. The molecule has 0 aliphatic rings. The lowest BCUT2D eigenvalue weighted by molar-refractivity contribution is -0.139. The summed E-state index contributed by atoms with van der Waals surface area (Å²) in [5, 5.41) is 17.2. The monoisotopic (exact) mass is 572 g/mol. The molecule has 0 unspecified atom stereocenters. The molecule has 0 aliphatic carbocycles. The first-order valence-electron chi connectivity index (χ1n) is 11.9. The fourth-order valence-corrected chi connectivity index (χ4v) is 4.58. The summed E-state index contributed by atoms with van der Waals surface area (Å²) in [5.41, 5.74) is 7.68. The standard InChI is InChI=1S/C28H24N6O4S2/c1-17(19-7-3-9-21(15-19)29-25(35)23-11-5-13-39-23)31-33-27(37)28(38)34-32-18(2)20-8-4-10-22(16-20)30-26(36)24-12-6-14-40-24/h3-16H,1-2H3,(H,29,35)(H,30,36)(H,33,37)(H,34,38). The maximum atomic E-state index is 12.3. The SMILES string of the molecule is CC(=NNC(=O)C(=O)NN=C(C)c1cccc(NC(=O)c2cccs2)c1)c1cccc(NC(=O)c2cccs2)c1. The van der Waals surface area contributed by atoms with Crippen molar-refractivity contribution in [1.29, 1.82) is 0 Å². The summed E-state index contributed by atoms with van der Waals surface area (Å²) in [5.74, 6) is -2.46. The van der Waals surface area contributed by atoms with Gasteiger partial charge in [0.1, 0.15) is 0 Å². The van der Waals surface area contributed by atoms with E-state index in [1.807, 2.05) is 10.8 Å². The van der Waals surface area contributed by atoms with E-state index in [1.54, 1.807) is 86.6 Å². The zero-order valence-corrected chi connectivity index (χ0v) is 23.1. The number of hydrazone groups is 2. The van der Waals surface area contributed by atoms with E-state index in [0.717, 1.165) is 0 Å². The molecule has 4 amide bonds. The van der Waals surface area contributed by atoms with Crippen molar-refractivity contribution >= 4 is 69.1 Å². The average Bonchev–Trinajstić information content (AvgIpc) is 3.70. The molecule has 0 atom stereocenters. The summed E-state index contributed by atoms with van der Waals surface area (Å²) >= 11 is 2.67. The second-order valence-electron chi connectivity index (χ2n) is 8.30. The Morgan fingerprint density at radius 1 is 0.600 bits per heavy atom. The topological polar surface area (TPSA) is 141 Å². The number of carbonyl (C=O) groups is 4. The minimum absolute atomic E-state index is 0.225. The van der Waals surface area contributed by atoms with Crippen LogP contribution >= 0.6 is 22.7 Å². The molecular weight excluding hydrogens is 548 g/mol. The number of thiophene rings is 2. The molecule has 2 aromatic heterocycles. The van der Waals surface area contributed by atoms with Gasteiger partial charge in [-0.3, -0.25) is 19.2 Å².